The monoisotopic (exact) mass is 140 g/mol. The van der Waals surface area contributed by atoms with Crippen molar-refractivity contribution in [2.75, 3.05) is 6.54 Å². The summed E-state index contributed by atoms with van der Waals surface area (Å²) in [6.07, 6.45) is 0. The average Bonchev–Trinajstić information content (AvgIpc) is 2.08. The van der Waals surface area contributed by atoms with Gasteiger partial charge < -0.3 is 0 Å². The van der Waals surface area contributed by atoms with E-state index in [1.165, 1.54) is 0 Å². The molecular weight excluding hydrogens is 124 g/mol. The molecule has 1 heterocycles. The van der Waals surface area contributed by atoms with Crippen LogP contribution in [0.15, 0.2) is 0 Å². The molecule has 10 heavy (non-hydrogen) atoms. The van der Waals surface area contributed by atoms with Crippen LogP contribution in [0.3, 0.4) is 0 Å². The Morgan fingerprint density at radius 1 is 1.50 bits per heavy atom. The lowest BCUT2D eigenvalue weighted by Crippen LogP contribution is -2.42. The highest BCUT2D eigenvalue weighted by Gasteiger charge is 2.34. The smallest absolute Gasteiger partial charge is 0.144 e. The van der Waals surface area contributed by atoms with Gasteiger partial charge in [-0.25, -0.2) is 0 Å². The molecule has 1 fully saturated rings. The summed E-state index contributed by atoms with van der Waals surface area (Å²) in [6, 6.07) is 0.546. The van der Waals surface area contributed by atoms with Gasteiger partial charge in [-0.1, -0.05) is 0 Å². The quantitative estimate of drug-likeness (QED) is 0.586. The largest absolute Gasteiger partial charge is 0.292 e. The Morgan fingerprint density at radius 2 is 2.10 bits per heavy atom. The van der Waals surface area contributed by atoms with Gasteiger partial charge in [0, 0.05) is 18.1 Å². The maximum Gasteiger partial charge on any atom is 0.144 e. The van der Waals surface area contributed by atoms with E-state index in [9.17, 15) is 0 Å². The van der Waals surface area contributed by atoms with Crippen molar-refractivity contribution >= 4 is 0 Å². The lowest BCUT2D eigenvalue weighted by atomic mass is 10.0. The van der Waals surface area contributed by atoms with E-state index < -0.39 is 0 Å². The van der Waals surface area contributed by atoms with Crippen LogP contribution in [0.1, 0.15) is 27.7 Å². The summed E-state index contributed by atoms with van der Waals surface area (Å²) in [6.45, 7) is 12.9. The van der Waals surface area contributed by atoms with Crippen molar-refractivity contribution in [3.8, 4) is 0 Å². The summed E-state index contributed by atoms with van der Waals surface area (Å²) in [7, 11) is 0. The van der Waals surface area contributed by atoms with Gasteiger partial charge in [-0.05, 0) is 27.7 Å². The average molecular weight is 140 g/mol. The molecule has 0 atom stereocenters. The number of rotatable bonds is 1. The van der Waals surface area contributed by atoms with Gasteiger partial charge in [-0.3, -0.25) is 10.2 Å². The van der Waals surface area contributed by atoms with Gasteiger partial charge in [0.1, 0.15) is 6.67 Å². The number of hydrogen-bond acceptors (Lipinski definition) is 2. The van der Waals surface area contributed by atoms with Gasteiger partial charge in [-0.2, -0.15) is 0 Å². The van der Waals surface area contributed by atoms with Crippen molar-refractivity contribution in [1.29, 1.82) is 0 Å². The molecule has 1 aliphatic heterocycles. The molecule has 2 heteroatoms. The van der Waals surface area contributed by atoms with Crippen molar-refractivity contribution in [3.05, 3.63) is 6.67 Å². The predicted octanol–water partition coefficient (Wildman–Crippen LogP) is 1.07. The fraction of sp³-hybridized carbons (Fsp3) is 0.875. The van der Waals surface area contributed by atoms with Crippen molar-refractivity contribution in [1.82, 2.24) is 10.2 Å². The van der Waals surface area contributed by atoms with Gasteiger partial charge in [-0.15, -0.1) is 0 Å². The summed E-state index contributed by atoms with van der Waals surface area (Å²) in [5.74, 6) is 0. The lowest BCUT2D eigenvalue weighted by Gasteiger charge is -2.32. The van der Waals surface area contributed by atoms with Crippen LogP contribution >= 0.6 is 0 Å². The molecule has 2 nitrogen and oxygen atoms in total. The Morgan fingerprint density at radius 3 is 2.30 bits per heavy atom. The summed E-state index contributed by atoms with van der Waals surface area (Å²) < 4.78 is 0. The maximum atomic E-state index is 3.13. The van der Waals surface area contributed by atoms with Crippen LogP contribution in [-0.4, -0.2) is 23.0 Å². The predicted molar refractivity (Wildman–Crippen MR) is 42.3 cm³/mol. The second-order valence-corrected chi connectivity index (χ2v) is 3.74. The topological polar surface area (TPSA) is 15.3 Å². The van der Waals surface area contributed by atoms with E-state index in [1.54, 1.807) is 0 Å². The molecule has 2 radical (unpaired) electrons. The third-order valence-electron chi connectivity index (χ3n) is 1.89. The van der Waals surface area contributed by atoms with Crippen molar-refractivity contribution in [3.63, 3.8) is 0 Å². The van der Waals surface area contributed by atoms with Crippen LogP contribution in [0.4, 0.5) is 0 Å². The molecule has 0 spiro atoms. The Hall–Kier alpha value is -0.0800. The summed E-state index contributed by atoms with van der Waals surface area (Å²) >= 11 is 0. The molecule has 1 saturated heterocycles. The molecule has 0 aromatic rings. The van der Waals surface area contributed by atoms with E-state index in [4.69, 9.17) is 0 Å². The van der Waals surface area contributed by atoms with Crippen LogP contribution < -0.4 is 5.32 Å². The van der Waals surface area contributed by atoms with E-state index >= 15 is 0 Å². The third-order valence-corrected chi connectivity index (χ3v) is 1.89. The summed E-state index contributed by atoms with van der Waals surface area (Å²) in [5.41, 5.74) is 0.244. The van der Waals surface area contributed by atoms with Crippen molar-refractivity contribution < 1.29 is 0 Å². The second-order valence-electron chi connectivity index (χ2n) is 3.74. The molecule has 1 rings (SSSR count). The first-order chi connectivity index (χ1) is 4.54. The molecule has 0 aromatic heterocycles. The normalized spacial score (nSPS) is 26.1. The fourth-order valence-corrected chi connectivity index (χ4v) is 1.41. The first-order valence-corrected chi connectivity index (χ1v) is 3.82. The van der Waals surface area contributed by atoms with Gasteiger partial charge >= 0.3 is 0 Å². The summed E-state index contributed by atoms with van der Waals surface area (Å²) in [5, 5.41) is 3.12. The van der Waals surface area contributed by atoms with Gasteiger partial charge in [0.2, 0.25) is 0 Å². The Balaban J connectivity index is 2.59. The zero-order valence-corrected chi connectivity index (χ0v) is 7.23. The molecule has 0 saturated carbocycles. The number of nitrogens with one attached hydrogen (secondary N) is 1. The van der Waals surface area contributed by atoms with Crippen molar-refractivity contribution in [2.45, 2.75) is 39.3 Å². The highest BCUT2D eigenvalue weighted by Crippen LogP contribution is 2.22. The first-order valence-electron chi connectivity index (χ1n) is 3.82. The van der Waals surface area contributed by atoms with Crippen LogP contribution in [-0.2, 0) is 0 Å². The highest BCUT2D eigenvalue weighted by molar-refractivity contribution is 4.95. The highest BCUT2D eigenvalue weighted by atomic mass is 15.3. The minimum atomic E-state index is 0.244. The molecule has 0 aromatic carbocycles. The fourth-order valence-electron chi connectivity index (χ4n) is 1.41. The Kier molecular flexibility index (Phi) is 2.02. The van der Waals surface area contributed by atoms with E-state index in [1.807, 2.05) is 0 Å². The lowest BCUT2D eigenvalue weighted by molar-refractivity contribution is 0.170. The molecule has 0 amide bonds. The van der Waals surface area contributed by atoms with Crippen LogP contribution in [0.5, 0.6) is 0 Å². The molecule has 0 aliphatic carbocycles. The van der Waals surface area contributed by atoms with E-state index in [-0.39, 0.29) is 5.54 Å². The van der Waals surface area contributed by atoms with Crippen molar-refractivity contribution in [2.24, 2.45) is 0 Å². The third kappa shape index (κ3) is 1.32. The van der Waals surface area contributed by atoms with E-state index in [2.05, 4.69) is 44.6 Å². The minimum absolute atomic E-state index is 0.244. The molecule has 0 unspecified atom stereocenters. The summed E-state index contributed by atoms with van der Waals surface area (Å²) in [4.78, 5) is 2.23. The van der Waals surface area contributed by atoms with Crippen LogP contribution in [0.25, 0.3) is 0 Å². The number of nitrogens with zero attached hydrogens (tertiary/aromatic N) is 1. The Labute approximate surface area is 63.6 Å². The SMILES string of the molecule is CC(C)N1[C]NCC1(C)C. The number of hydrogen-bond donors (Lipinski definition) is 1. The van der Waals surface area contributed by atoms with E-state index in [0.717, 1.165) is 6.54 Å². The van der Waals surface area contributed by atoms with Crippen LogP contribution in [0.2, 0.25) is 0 Å². The first kappa shape index (κ1) is 8.02. The van der Waals surface area contributed by atoms with Crippen LogP contribution in [0, 0.1) is 6.67 Å². The van der Waals surface area contributed by atoms with Gasteiger partial charge in [0.15, 0.2) is 0 Å². The molecular formula is C8H16N2. The Bertz CT molecular complexity index is 118. The molecule has 1 N–H and O–H groups in total. The standard InChI is InChI=1S/C8H16N2/c1-7(2)10-6-9-5-8(10,3)4/h7,9H,5H2,1-4H3. The maximum absolute atomic E-state index is 3.13. The zero-order chi connectivity index (χ0) is 7.78. The van der Waals surface area contributed by atoms with E-state index in [0.29, 0.717) is 6.04 Å². The zero-order valence-electron chi connectivity index (χ0n) is 7.23. The molecule has 0 bridgehead atoms. The second kappa shape index (κ2) is 2.51. The van der Waals surface area contributed by atoms with Gasteiger partial charge in [0.25, 0.3) is 0 Å². The molecule has 1 aliphatic rings. The van der Waals surface area contributed by atoms with Gasteiger partial charge in [0.05, 0.1) is 0 Å². The molecule has 58 valence electrons. The minimum Gasteiger partial charge on any atom is -0.292 e.